The molecule has 7 heteroatoms. The van der Waals surface area contributed by atoms with Gasteiger partial charge >= 0.3 is 0 Å². The molecule has 2 rings (SSSR count). The highest BCUT2D eigenvalue weighted by Gasteiger charge is 2.24. The largest absolute Gasteiger partial charge is 0.334 e. The van der Waals surface area contributed by atoms with Crippen LogP contribution in [0.1, 0.15) is 60.6 Å². The number of hydrogen-bond donors (Lipinski definition) is 1. The Kier molecular flexibility index (Phi) is 7.06. The summed E-state index contributed by atoms with van der Waals surface area (Å²) in [7, 11) is 0. The van der Waals surface area contributed by atoms with Gasteiger partial charge in [0.15, 0.2) is 0 Å². The minimum atomic E-state index is -0.344. The van der Waals surface area contributed by atoms with Gasteiger partial charge in [-0.2, -0.15) is 5.10 Å². The van der Waals surface area contributed by atoms with E-state index in [0.717, 1.165) is 5.69 Å². The fourth-order valence-electron chi connectivity index (χ4n) is 2.91. The predicted molar refractivity (Wildman–Crippen MR) is 117 cm³/mol. The molecule has 0 spiro atoms. The Morgan fingerprint density at radius 3 is 2.20 bits per heavy atom. The Hall–Kier alpha value is -2.70. The van der Waals surface area contributed by atoms with Crippen LogP contribution in [-0.2, 0) is 15.0 Å². The van der Waals surface area contributed by atoms with E-state index < -0.39 is 0 Å². The lowest BCUT2D eigenvalue weighted by Crippen LogP contribution is -2.39. The van der Waals surface area contributed by atoms with Crippen molar-refractivity contribution in [1.82, 2.24) is 14.7 Å². The quantitative estimate of drug-likeness (QED) is 0.752. The number of nitrogens with one attached hydrogen (secondary N) is 1. The number of benzene rings is 1. The molecule has 0 saturated carbocycles. The monoisotopic (exact) mass is 416 g/mol. The normalized spacial score (nSPS) is 12.0. The minimum absolute atomic E-state index is 0.0368. The van der Waals surface area contributed by atoms with E-state index in [1.807, 2.05) is 54.5 Å². The fraction of sp³-hybridized carbons (Fsp3) is 0.522. The van der Waals surface area contributed by atoms with E-state index in [9.17, 15) is 14.0 Å². The van der Waals surface area contributed by atoms with Gasteiger partial charge in [0.1, 0.15) is 11.6 Å². The zero-order valence-electron chi connectivity index (χ0n) is 19.0. The maximum absolute atomic E-state index is 13.3. The summed E-state index contributed by atoms with van der Waals surface area (Å²) in [6.07, 6.45) is 0.371. The van der Waals surface area contributed by atoms with Crippen molar-refractivity contribution in [2.45, 2.75) is 60.3 Å². The van der Waals surface area contributed by atoms with Crippen LogP contribution in [0.25, 0.3) is 5.69 Å². The van der Waals surface area contributed by atoms with Gasteiger partial charge in [0.05, 0.1) is 17.9 Å². The zero-order valence-corrected chi connectivity index (χ0v) is 19.0. The number of halogens is 1. The van der Waals surface area contributed by atoms with Crippen LogP contribution in [0, 0.1) is 11.2 Å². The molecule has 1 N–H and O–H groups in total. The maximum Gasteiger partial charge on any atom is 0.245 e. The van der Waals surface area contributed by atoms with Crippen molar-refractivity contribution in [2.75, 3.05) is 18.4 Å². The molecule has 0 unspecified atom stereocenters. The molecule has 0 radical (unpaired) electrons. The number of carbonyl (C=O) groups excluding carboxylic acids is 2. The third-order valence-corrected chi connectivity index (χ3v) is 4.57. The second-order valence-corrected chi connectivity index (χ2v) is 9.75. The highest BCUT2D eigenvalue weighted by molar-refractivity contribution is 5.94. The summed E-state index contributed by atoms with van der Waals surface area (Å²) >= 11 is 0. The molecule has 0 atom stereocenters. The van der Waals surface area contributed by atoms with E-state index in [0.29, 0.717) is 24.5 Å². The lowest BCUT2D eigenvalue weighted by Gasteiger charge is -2.25. The smallest absolute Gasteiger partial charge is 0.245 e. The summed E-state index contributed by atoms with van der Waals surface area (Å²) in [5.74, 6) is -0.218. The topological polar surface area (TPSA) is 67.2 Å². The molecule has 0 fully saturated rings. The molecule has 1 aromatic heterocycles. The Morgan fingerprint density at radius 2 is 1.70 bits per heavy atom. The maximum atomic E-state index is 13.3. The number of aromatic nitrogens is 2. The molecule has 1 heterocycles. The lowest BCUT2D eigenvalue weighted by molar-refractivity contribution is -0.136. The average Bonchev–Trinajstić information content (AvgIpc) is 3.02. The van der Waals surface area contributed by atoms with E-state index in [4.69, 9.17) is 0 Å². The van der Waals surface area contributed by atoms with Crippen LogP contribution in [-0.4, -0.2) is 39.6 Å². The number of amides is 2. The number of anilines is 1. The number of carbonyl (C=O) groups is 2. The van der Waals surface area contributed by atoms with Gasteiger partial charge in [0.2, 0.25) is 11.8 Å². The van der Waals surface area contributed by atoms with Crippen molar-refractivity contribution in [2.24, 2.45) is 5.41 Å². The van der Waals surface area contributed by atoms with Crippen LogP contribution in [0.4, 0.5) is 10.2 Å². The Balaban J connectivity index is 2.25. The first-order valence-electron chi connectivity index (χ1n) is 10.2. The van der Waals surface area contributed by atoms with E-state index in [1.165, 1.54) is 12.1 Å². The first-order chi connectivity index (χ1) is 13.8. The van der Waals surface area contributed by atoms with Crippen molar-refractivity contribution in [1.29, 1.82) is 0 Å². The zero-order chi connectivity index (χ0) is 22.7. The second kappa shape index (κ2) is 8.98. The average molecular weight is 417 g/mol. The van der Waals surface area contributed by atoms with Gasteiger partial charge in [-0.3, -0.25) is 9.59 Å². The summed E-state index contributed by atoms with van der Waals surface area (Å²) in [5, 5.41) is 7.49. The highest BCUT2D eigenvalue weighted by Crippen LogP contribution is 2.26. The Bertz CT molecular complexity index is 889. The SMILES string of the molecule is CCN(CC(=O)Nc1cc(C(C)(C)C)nn1-c1ccc(F)cc1)C(=O)CC(C)(C)C. The highest BCUT2D eigenvalue weighted by atomic mass is 19.1. The number of nitrogens with zero attached hydrogens (tertiary/aromatic N) is 3. The van der Waals surface area contributed by atoms with Crippen LogP contribution < -0.4 is 5.32 Å². The summed E-state index contributed by atoms with van der Waals surface area (Å²) in [4.78, 5) is 26.8. The third-order valence-electron chi connectivity index (χ3n) is 4.57. The van der Waals surface area contributed by atoms with Gasteiger partial charge < -0.3 is 10.2 Å². The number of hydrogen-bond acceptors (Lipinski definition) is 3. The number of rotatable bonds is 6. The third kappa shape index (κ3) is 6.40. The Morgan fingerprint density at radius 1 is 1.10 bits per heavy atom. The van der Waals surface area contributed by atoms with Gasteiger partial charge in [-0.05, 0) is 36.6 Å². The standard InChI is InChI=1S/C23H33FN4O2/c1-8-27(21(30)14-22(2,3)4)15-20(29)25-19-13-18(23(5,6)7)26-28(19)17-11-9-16(24)10-12-17/h9-13H,8,14-15H2,1-7H3,(H,25,29). The van der Waals surface area contributed by atoms with Crippen LogP contribution in [0.3, 0.4) is 0 Å². The fourth-order valence-corrected chi connectivity index (χ4v) is 2.91. The Labute approximate surface area is 178 Å². The summed E-state index contributed by atoms with van der Waals surface area (Å²) in [5.41, 5.74) is 1.05. The minimum Gasteiger partial charge on any atom is -0.334 e. The van der Waals surface area contributed by atoms with Crippen LogP contribution in [0.15, 0.2) is 30.3 Å². The van der Waals surface area contributed by atoms with Crippen molar-refractivity contribution in [3.8, 4) is 5.69 Å². The van der Waals surface area contributed by atoms with Crippen molar-refractivity contribution in [3.05, 3.63) is 41.8 Å². The second-order valence-electron chi connectivity index (χ2n) is 9.75. The molecule has 30 heavy (non-hydrogen) atoms. The lowest BCUT2D eigenvalue weighted by atomic mass is 9.91. The van der Waals surface area contributed by atoms with E-state index in [-0.39, 0.29) is 35.0 Å². The van der Waals surface area contributed by atoms with Crippen molar-refractivity contribution >= 4 is 17.6 Å². The molecule has 2 aromatic rings. The van der Waals surface area contributed by atoms with Gasteiger partial charge in [0.25, 0.3) is 0 Å². The van der Waals surface area contributed by atoms with E-state index in [1.54, 1.807) is 21.7 Å². The first kappa shape index (κ1) is 23.6. The molecule has 0 aliphatic rings. The first-order valence-corrected chi connectivity index (χ1v) is 10.2. The van der Waals surface area contributed by atoms with Crippen LogP contribution in [0.5, 0.6) is 0 Å². The molecule has 164 valence electrons. The van der Waals surface area contributed by atoms with Gasteiger partial charge in [-0.1, -0.05) is 41.5 Å². The predicted octanol–water partition coefficient (Wildman–Crippen LogP) is 4.53. The number of likely N-dealkylation sites (N-methyl/N-ethyl adjacent to an activating group) is 1. The molecule has 0 saturated heterocycles. The van der Waals surface area contributed by atoms with Crippen LogP contribution >= 0.6 is 0 Å². The summed E-state index contributed by atoms with van der Waals surface area (Å²) in [6, 6.07) is 7.73. The van der Waals surface area contributed by atoms with E-state index >= 15 is 0 Å². The van der Waals surface area contributed by atoms with Crippen molar-refractivity contribution in [3.63, 3.8) is 0 Å². The molecule has 2 amide bonds. The van der Waals surface area contributed by atoms with E-state index in [2.05, 4.69) is 10.4 Å². The van der Waals surface area contributed by atoms with Crippen LogP contribution in [0.2, 0.25) is 0 Å². The molecule has 1 aromatic carbocycles. The molecule has 0 bridgehead atoms. The molecule has 0 aliphatic heterocycles. The summed E-state index contributed by atoms with van der Waals surface area (Å²) < 4.78 is 14.9. The molecular weight excluding hydrogens is 383 g/mol. The van der Waals surface area contributed by atoms with Crippen molar-refractivity contribution < 1.29 is 14.0 Å². The van der Waals surface area contributed by atoms with Gasteiger partial charge in [-0.25, -0.2) is 9.07 Å². The molecular formula is C23H33FN4O2. The molecule has 0 aliphatic carbocycles. The van der Waals surface area contributed by atoms with Gasteiger partial charge in [-0.15, -0.1) is 0 Å². The molecule has 6 nitrogen and oxygen atoms in total. The van der Waals surface area contributed by atoms with Gasteiger partial charge in [0, 0.05) is 24.4 Å². The summed E-state index contributed by atoms with van der Waals surface area (Å²) in [6.45, 7) is 14.3.